The summed E-state index contributed by atoms with van der Waals surface area (Å²) in [4.78, 5) is 15.4. The number of benzene rings is 1. The Morgan fingerprint density at radius 3 is 2.55 bits per heavy atom. The summed E-state index contributed by atoms with van der Waals surface area (Å²) in [6.45, 7) is 1.78. The van der Waals surface area contributed by atoms with Gasteiger partial charge in [-0.25, -0.2) is 9.78 Å². The van der Waals surface area contributed by atoms with Gasteiger partial charge < -0.3 is 13.9 Å². The van der Waals surface area contributed by atoms with Crippen LogP contribution in [0.4, 0.5) is 0 Å². The number of aromatic nitrogens is 1. The zero-order valence-corrected chi connectivity index (χ0v) is 10.7. The number of carbonyl (C=O) groups is 1. The standard InChI is InChI=1S/C15H11NO4/c1-9-7-11(8-19-9)13-12(15(17)18)16-14(20-13)10-5-3-2-4-6-10/h2-8H,1H3,(H,17,18). The monoisotopic (exact) mass is 269 g/mol. The molecule has 5 nitrogen and oxygen atoms in total. The SMILES string of the molecule is Cc1cc(-c2oc(-c3ccccc3)nc2C(=O)O)co1. The normalized spacial score (nSPS) is 10.7. The Balaban J connectivity index is 2.15. The van der Waals surface area contributed by atoms with E-state index in [1.807, 2.05) is 30.3 Å². The second-order valence-corrected chi connectivity index (χ2v) is 4.31. The van der Waals surface area contributed by atoms with Crippen LogP contribution in [-0.2, 0) is 0 Å². The average Bonchev–Trinajstić information content (AvgIpc) is 3.05. The minimum absolute atomic E-state index is 0.121. The summed E-state index contributed by atoms with van der Waals surface area (Å²) in [5.41, 5.74) is 1.17. The molecule has 0 radical (unpaired) electrons. The van der Waals surface area contributed by atoms with Gasteiger partial charge in [0.15, 0.2) is 11.5 Å². The fourth-order valence-corrected chi connectivity index (χ4v) is 1.93. The number of nitrogens with zero attached hydrogens (tertiary/aromatic N) is 1. The molecule has 0 bridgehead atoms. The molecule has 3 rings (SSSR count). The Morgan fingerprint density at radius 1 is 1.20 bits per heavy atom. The average molecular weight is 269 g/mol. The fourth-order valence-electron chi connectivity index (χ4n) is 1.93. The van der Waals surface area contributed by atoms with E-state index in [0.717, 1.165) is 5.56 Å². The van der Waals surface area contributed by atoms with Crippen molar-refractivity contribution in [3.05, 3.63) is 54.1 Å². The topological polar surface area (TPSA) is 76.5 Å². The van der Waals surface area contributed by atoms with Crippen molar-refractivity contribution in [1.82, 2.24) is 4.98 Å². The molecule has 0 aliphatic carbocycles. The summed E-state index contributed by atoms with van der Waals surface area (Å²) in [6, 6.07) is 10.9. The number of carboxylic acid groups (broad SMARTS) is 1. The van der Waals surface area contributed by atoms with Crippen LogP contribution in [0.2, 0.25) is 0 Å². The fraction of sp³-hybridized carbons (Fsp3) is 0.0667. The minimum Gasteiger partial charge on any atom is -0.476 e. The first-order valence-corrected chi connectivity index (χ1v) is 6.00. The van der Waals surface area contributed by atoms with Crippen LogP contribution in [0, 0.1) is 6.92 Å². The van der Waals surface area contributed by atoms with Crippen LogP contribution in [0.3, 0.4) is 0 Å². The predicted octanol–water partition coefficient (Wildman–Crippen LogP) is 3.61. The van der Waals surface area contributed by atoms with Crippen LogP contribution >= 0.6 is 0 Å². The molecule has 2 aromatic heterocycles. The van der Waals surface area contributed by atoms with Gasteiger partial charge in [-0.15, -0.1) is 0 Å². The highest BCUT2D eigenvalue weighted by Gasteiger charge is 2.22. The molecule has 1 aromatic carbocycles. The highest BCUT2D eigenvalue weighted by molar-refractivity contribution is 5.93. The zero-order chi connectivity index (χ0) is 14.1. The third-order valence-corrected chi connectivity index (χ3v) is 2.84. The molecule has 0 saturated heterocycles. The van der Waals surface area contributed by atoms with E-state index >= 15 is 0 Å². The van der Waals surface area contributed by atoms with Crippen molar-refractivity contribution in [3.8, 4) is 22.8 Å². The summed E-state index contributed by atoms with van der Waals surface area (Å²) < 4.78 is 10.8. The van der Waals surface area contributed by atoms with E-state index in [1.54, 1.807) is 13.0 Å². The first-order chi connectivity index (χ1) is 9.65. The van der Waals surface area contributed by atoms with Crippen LogP contribution < -0.4 is 0 Å². The summed E-state index contributed by atoms with van der Waals surface area (Å²) in [7, 11) is 0. The number of aryl methyl sites for hydroxylation is 1. The maximum absolute atomic E-state index is 11.3. The predicted molar refractivity (Wildman–Crippen MR) is 71.3 cm³/mol. The third kappa shape index (κ3) is 2.09. The van der Waals surface area contributed by atoms with Crippen molar-refractivity contribution in [1.29, 1.82) is 0 Å². The first-order valence-electron chi connectivity index (χ1n) is 6.00. The molecule has 0 saturated carbocycles. The summed E-state index contributed by atoms with van der Waals surface area (Å²) >= 11 is 0. The highest BCUT2D eigenvalue weighted by Crippen LogP contribution is 2.30. The molecule has 0 amide bonds. The smallest absolute Gasteiger partial charge is 0.358 e. The molecule has 3 aromatic rings. The van der Waals surface area contributed by atoms with Gasteiger partial charge in [-0.1, -0.05) is 18.2 Å². The number of hydrogen-bond donors (Lipinski definition) is 1. The van der Waals surface area contributed by atoms with Crippen LogP contribution in [-0.4, -0.2) is 16.1 Å². The Bertz CT molecular complexity index is 755. The highest BCUT2D eigenvalue weighted by atomic mass is 16.4. The maximum Gasteiger partial charge on any atom is 0.358 e. The van der Waals surface area contributed by atoms with Gasteiger partial charge in [0.25, 0.3) is 0 Å². The van der Waals surface area contributed by atoms with Gasteiger partial charge in [-0.3, -0.25) is 0 Å². The van der Waals surface area contributed by atoms with Gasteiger partial charge in [0, 0.05) is 5.56 Å². The molecular weight excluding hydrogens is 258 g/mol. The van der Waals surface area contributed by atoms with Crippen LogP contribution in [0.5, 0.6) is 0 Å². The molecule has 0 aliphatic heterocycles. The maximum atomic E-state index is 11.3. The molecule has 100 valence electrons. The molecule has 0 aliphatic rings. The van der Waals surface area contributed by atoms with E-state index in [4.69, 9.17) is 8.83 Å². The van der Waals surface area contributed by atoms with Gasteiger partial charge in [0.1, 0.15) is 12.0 Å². The van der Waals surface area contributed by atoms with Crippen LogP contribution in [0.1, 0.15) is 16.2 Å². The first kappa shape index (κ1) is 12.2. The molecule has 1 N–H and O–H groups in total. The lowest BCUT2D eigenvalue weighted by atomic mass is 10.2. The number of rotatable bonds is 3. The Labute approximate surface area is 114 Å². The van der Waals surface area contributed by atoms with Crippen molar-refractivity contribution >= 4 is 5.97 Å². The minimum atomic E-state index is -1.13. The molecule has 5 heteroatoms. The molecular formula is C15H11NO4. The van der Waals surface area contributed by atoms with Gasteiger partial charge in [-0.2, -0.15) is 0 Å². The van der Waals surface area contributed by atoms with Gasteiger partial charge in [-0.05, 0) is 25.1 Å². The van der Waals surface area contributed by atoms with Crippen molar-refractivity contribution < 1.29 is 18.7 Å². The van der Waals surface area contributed by atoms with Crippen molar-refractivity contribution in [2.45, 2.75) is 6.92 Å². The summed E-state index contributed by atoms with van der Waals surface area (Å²) in [6.07, 6.45) is 1.46. The number of furan rings is 1. The number of hydrogen-bond acceptors (Lipinski definition) is 4. The molecule has 0 spiro atoms. The number of oxazole rings is 1. The quantitative estimate of drug-likeness (QED) is 0.786. The molecule has 20 heavy (non-hydrogen) atoms. The lowest BCUT2D eigenvalue weighted by Gasteiger charge is -1.93. The van der Waals surface area contributed by atoms with E-state index < -0.39 is 5.97 Å². The van der Waals surface area contributed by atoms with E-state index in [0.29, 0.717) is 11.3 Å². The molecule has 2 heterocycles. The van der Waals surface area contributed by atoms with Crippen molar-refractivity contribution in [3.63, 3.8) is 0 Å². The summed E-state index contributed by atoms with van der Waals surface area (Å²) in [5.74, 6) is 0.0174. The van der Waals surface area contributed by atoms with Gasteiger partial charge in [0.2, 0.25) is 5.89 Å². The number of carboxylic acids is 1. The second kappa shape index (κ2) is 4.70. The second-order valence-electron chi connectivity index (χ2n) is 4.31. The lowest BCUT2D eigenvalue weighted by molar-refractivity contribution is 0.0691. The van der Waals surface area contributed by atoms with E-state index in [2.05, 4.69) is 4.98 Å². The Kier molecular flexibility index (Phi) is 2.87. The molecule has 0 atom stereocenters. The third-order valence-electron chi connectivity index (χ3n) is 2.84. The van der Waals surface area contributed by atoms with E-state index in [1.165, 1.54) is 6.26 Å². The van der Waals surface area contributed by atoms with Gasteiger partial charge in [0.05, 0.1) is 5.56 Å². The lowest BCUT2D eigenvalue weighted by Crippen LogP contribution is -1.98. The van der Waals surface area contributed by atoms with Crippen LogP contribution in [0.25, 0.3) is 22.8 Å². The van der Waals surface area contributed by atoms with Crippen molar-refractivity contribution in [2.24, 2.45) is 0 Å². The largest absolute Gasteiger partial charge is 0.476 e. The Hall–Kier alpha value is -2.82. The molecule has 0 unspecified atom stereocenters. The van der Waals surface area contributed by atoms with E-state index in [9.17, 15) is 9.90 Å². The van der Waals surface area contributed by atoms with Crippen molar-refractivity contribution in [2.75, 3.05) is 0 Å². The zero-order valence-electron chi connectivity index (χ0n) is 10.7. The molecule has 0 fully saturated rings. The van der Waals surface area contributed by atoms with Gasteiger partial charge >= 0.3 is 5.97 Å². The summed E-state index contributed by atoms with van der Waals surface area (Å²) in [5, 5.41) is 9.24. The Morgan fingerprint density at radius 2 is 1.95 bits per heavy atom. The van der Waals surface area contributed by atoms with Crippen LogP contribution in [0.15, 0.2) is 51.5 Å². The number of aromatic carboxylic acids is 1. The van der Waals surface area contributed by atoms with E-state index in [-0.39, 0.29) is 17.3 Å².